The van der Waals surface area contributed by atoms with E-state index >= 15 is 0 Å². The molecule has 0 N–H and O–H groups in total. The third-order valence-corrected chi connectivity index (χ3v) is 6.81. The van der Waals surface area contributed by atoms with E-state index in [1.807, 2.05) is 29.5 Å². The van der Waals surface area contributed by atoms with Gasteiger partial charge < -0.3 is 9.64 Å². The molecule has 27 heavy (non-hydrogen) atoms. The quantitative estimate of drug-likeness (QED) is 0.518. The van der Waals surface area contributed by atoms with E-state index in [9.17, 15) is 4.79 Å². The van der Waals surface area contributed by atoms with Crippen molar-refractivity contribution in [2.45, 2.75) is 32.2 Å². The number of carbonyl (C=O) groups excluding carboxylic acids is 1. The Balaban J connectivity index is 1.39. The molecule has 1 atom stereocenters. The van der Waals surface area contributed by atoms with E-state index in [1.165, 1.54) is 20.9 Å². The fourth-order valence-corrected chi connectivity index (χ4v) is 5.36. The van der Waals surface area contributed by atoms with Gasteiger partial charge in [-0.15, -0.1) is 22.7 Å². The highest BCUT2D eigenvalue weighted by atomic mass is 32.1. The van der Waals surface area contributed by atoms with E-state index in [0.717, 1.165) is 25.1 Å². The number of nitrogens with zero attached hydrogens (tertiary/aromatic N) is 1. The Morgan fingerprint density at radius 1 is 1.19 bits per heavy atom. The minimum atomic E-state index is 0.0743. The lowest BCUT2D eigenvalue weighted by atomic mass is 9.98. The van der Waals surface area contributed by atoms with E-state index < -0.39 is 0 Å². The number of aryl methyl sites for hydroxylation is 1. The molecule has 0 saturated carbocycles. The number of amides is 1. The SMILES string of the molecule is Cc1cccc(OCCCC(=O)N2CCc3sccc3[C@H]2c2cccs2)c1. The molecule has 0 unspecified atom stereocenters. The molecule has 3 heterocycles. The molecule has 3 nitrogen and oxygen atoms in total. The maximum Gasteiger partial charge on any atom is 0.223 e. The smallest absolute Gasteiger partial charge is 0.223 e. The van der Waals surface area contributed by atoms with Gasteiger partial charge in [-0.3, -0.25) is 4.79 Å². The maximum absolute atomic E-state index is 13.0. The highest BCUT2D eigenvalue weighted by molar-refractivity contribution is 7.10. The van der Waals surface area contributed by atoms with Gasteiger partial charge in [-0.05, 0) is 65.9 Å². The van der Waals surface area contributed by atoms with Gasteiger partial charge in [0.15, 0.2) is 0 Å². The van der Waals surface area contributed by atoms with E-state index in [-0.39, 0.29) is 11.9 Å². The van der Waals surface area contributed by atoms with Crippen LogP contribution in [-0.4, -0.2) is 24.0 Å². The number of benzene rings is 1. The molecular weight excluding hydrogens is 374 g/mol. The molecule has 2 aromatic heterocycles. The van der Waals surface area contributed by atoms with Crippen molar-refractivity contribution < 1.29 is 9.53 Å². The van der Waals surface area contributed by atoms with Gasteiger partial charge in [0.2, 0.25) is 5.91 Å². The number of fused-ring (bicyclic) bond motifs is 1. The third kappa shape index (κ3) is 4.09. The summed E-state index contributed by atoms with van der Waals surface area (Å²) in [7, 11) is 0. The fraction of sp³-hybridized carbons (Fsp3) is 0.318. The summed E-state index contributed by atoms with van der Waals surface area (Å²) in [5.41, 5.74) is 2.49. The summed E-state index contributed by atoms with van der Waals surface area (Å²) < 4.78 is 5.80. The van der Waals surface area contributed by atoms with Crippen LogP contribution < -0.4 is 4.74 Å². The highest BCUT2D eigenvalue weighted by Crippen LogP contribution is 2.39. The second kappa shape index (κ2) is 8.28. The lowest BCUT2D eigenvalue weighted by Crippen LogP contribution is -2.39. The topological polar surface area (TPSA) is 29.5 Å². The largest absolute Gasteiger partial charge is 0.494 e. The second-order valence-corrected chi connectivity index (χ2v) is 8.80. The molecule has 1 amide bonds. The molecule has 1 aliphatic heterocycles. The highest BCUT2D eigenvalue weighted by Gasteiger charge is 2.32. The fourth-order valence-electron chi connectivity index (χ4n) is 3.60. The zero-order chi connectivity index (χ0) is 18.6. The maximum atomic E-state index is 13.0. The van der Waals surface area contributed by atoms with Crippen LogP contribution in [0.25, 0.3) is 0 Å². The predicted molar refractivity (Wildman–Crippen MR) is 112 cm³/mol. The lowest BCUT2D eigenvalue weighted by molar-refractivity contribution is -0.133. The van der Waals surface area contributed by atoms with Crippen LogP contribution in [0.3, 0.4) is 0 Å². The summed E-state index contributed by atoms with van der Waals surface area (Å²) in [4.78, 5) is 17.7. The average molecular weight is 398 g/mol. The Kier molecular flexibility index (Phi) is 5.60. The first-order chi connectivity index (χ1) is 13.2. The zero-order valence-corrected chi connectivity index (χ0v) is 17.0. The first kappa shape index (κ1) is 18.3. The van der Waals surface area contributed by atoms with E-state index in [4.69, 9.17) is 4.74 Å². The predicted octanol–water partition coefficient (Wildman–Crippen LogP) is 5.45. The molecule has 0 aliphatic carbocycles. The number of ether oxygens (including phenoxy) is 1. The Morgan fingerprint density at radius 3 is 2.93 bits per heavy atom. The van der Waals surface area contributed by atoms with Crippen molar-refractivity contribution in [3.05, 3.63) is 74.1 Å². The van der Waals surface area contributed by atoms with Crippen molar-refractivity contribution in [1.29, 1.82) is 0 Å². The zero-order valence-electron chi connectivity index (χ0n) is 15.4. The van der Waals surface area contributed by atoms with E-state index in [0.29, 0.717) is 13.0 Å². The summed E-state index contributed by atoms with van der Waals surface area (Å²) in [5.74, 6) is 1.10. The molecule has 4 rings (SSSR count). The van der Waals surface area contributed by atoms with Crippen molar-refractivity contribution in [3.8, 4) is 5.75 Å². The molecule has 140 valence electrons. The van der Waals surface area contributed by atoms with Gasteiger partial charge in [0.1, 0.15) is 5.75 Å². The van der Waals surface area contributed by atoms with Crippen LogP contribution in [0.2, 0.25) is 0 Å². The van der Waals surface area contributed by atoms with Crippen LogP contribution in [0.5, 0.6) is 5.75 Å². The van der Waals surface area contributed by atoms with Gasteiger partial charge in [0, 0.05) is 22.7 Å². The van der Waals surface area contributed by atoms with E-state index in [1.54, 1.807) is 11.3 Å². The molecule has 0 bridgehead atoms. The standard InChI is InChI=1S/C22H23NO2S2/c1-16-5-2-6-17(15-16)25-12-3-8-21(24)23-11-9-19-18(10-14-27-19)22(23)20-7-4-13-26-20/h2,4-7,10,13-15,22H,3,8-9,11-12H2,1H3/t22-/m0/s1. The summed E-state index contributed by atoms with van der Waals surface area (Å²) in [6.07, 6.45) is 2.21. The lowest BCUT2D eigenvalue weighted by Gasteiger charge is -2.35. The molecule has 5 heteroatoms. The third-order valence-electron chi connectivity index (χ3n) is 4.89. The van der Waals surface area contributed by atoms with Gasteiger partial charge >= 0.3 is 0 Å². The van der Waals surface area contributed by atoms with E-state index in [2.05, 4.69) is 46.8 Å². The van der Waals surface area contributed by atoms with Crippen molar-refractivity contribution in [1.82, 2.24) is 4.90 Å². The molecule has 1 aromatic carbocycles. The van der Waals surface area contributed by atoms with Crippen LogP contribution in [0.1, 0.15) is 39.8 Å². The monoisotopic (exact) mass is 397 g/mol. The molecule has 1 aliphatic rings. The van der Waals surface area contributed by atoms with Gasteiger partial charge in [-0.2, -0.15) is 0 Å². The Morgan fingerprint density at radius 2 is 2.11 bits per heavy atom. The van der Waals surface area contributed by atoms with Gasteiger partial charge in [-0.1, -0.05) is 18.2 Å². The number of hydrogen-bond acceptors (Lipinski definition) is 4. The summed E-state index contributed by atoms with van der Waals surface area (Å²) in [5, 5.41) is 4.24. The number of hydrogen-bond donors (Lipinski definition) is 0. The minimum absolute atomic E-state index is 0.0743. The van der Waals surface area contributed by atoms with Crippen LogP contribution in [0, 0.1) is 6.92 Å². The summed E-state index contributed by atoms with van der Waals surface area (Å²) in [6.45, 7) is 3.42. The van der Waals surface area contributed by atoms with Crippen LogP contribution in [0.15, 0.2) is 53.2 Å². The van der Waals surface area contributed by atoms with Crippen molar-refractivity contribution in [2.75, 3.05) is 13.2 Å². The van der Waals surface area contributed by atoms with Gasteiger partial charge in [0.25, 0.3) is 0 Å². The van der Waals surface area contributed by atoms with Crippen LogP contribution in [0.4, 0.5) is 0 Å². The van der Waals surface area contributed by atoms with Gasteiger partial charge in [0.05, 0.1) is 12.6 Å². The Bertz CT molecular complexity index is 901. The molecule has 0 radical (unpaired) electrons. The molecule has 0 saturated heterocycles. The number of rotatable bonds is 6. The summed E-state index contributed by atoms with van der Waals surface area (Å²) in [6, 6.07) is 14.5. The van der Waals surface area contributed by atoms with Crippen LogP contribution in [-0.2, 0) is 11.2 Å². The summed E-state index contributed by atoms with van der Waals surface area (Å²) >= 11 is 3.54. The molecule has 0 fully saturated rings. The number of thiophene rings is 2. The van der Waals surface area contributed by atoms with Crippen molar-refractivity contribution >= 4 is 28.6 Å². The first-order valence-corrected chi connectivity index (χ1v) is 11.1. The van der Waals surface area contributed by atoms with Gasteiger partial charge in [-0.25, -0.2) is 0 Å². The molecular formula is C22H23NO2S2. The second-order valence-electron chi connectivity index (χ2n) is 6.82. The van der Waals surface area contributed by atoms with Crippen LogP contribution >= 0.6 is 22.7 Å². The molecule has 3 aromatic rings. The Hall–Kier alpha value is -2.11. The Labute approximate surface area is 168 Å². The van der Waals surface area contributed by atoms with Crippen molar-refractivity contribution in [2.24, 2.45) is 0 Å². The average Bonchev–Trinajstić information content (AvgIpc) is 3.35. The normalized spacial score (nSPS) is 16.2. The van der Waals surface area contributed by atoms with Crippen molar-refractivity contribution in [3.63, 3.8) is 0 Å². The first-order valence-electron chi connectivity index (χ1n) is 9.31. The minimum Gasteiger partial charge on any atom is -0.494 e. The number of carbonyl (C=O) groups is 1. The molecule has 0 spiro atoms.